The number of alkyl halides is 2. The summed E-state index contributed by atoms with van der Waals surface area (Å²) >= 11 is 12.6. The van der Waals surface area contributed by atoms with E-state index in [9.17, 15) is 15.3 Å². The molecular formula is C13H21Cl2NO3. The van der Waals surface area contributed by atoms with Crippen LogP contribution in [0.4, 0.5) is 0 Å². The molecule has 0 amide bonds. The topological polar surface area (TPSA) is 72.7 Å². The molecule has 0 bridgehead atoms. The summed E-state index contributed by atoms with van der Waals surface area (Å²) in [6.45, 7) is 5.76. The van der Waals surface area contributed by atoms with Crippen molar-refractivity contribution < 1.29 is 15.3 Å². The van der Waals surface area contributed by atoms with Gasteiger partial charge in [0.25, 0.3) is 0 Å². The van der Waals surface area contributed by atoms with Gasteiger partial charge < -0.3 is 20.6 Å². The Balaban J connectivity index is 2.85. The van der Waals surface area contributed by atoms with E-state index in [0.29, 0.717) is 0 Å². The quantitative estimate of drug-likeness (QED) is 0.596. The first-order valence-electron chi connectivity index (χ1n) is 6.10. The molecule has 19 heavy (non-hydrogen) atoms. The third-order valence-corrected chi connectivity index (χ3v) is 4.36. The average molecular weight is 310 g/mol. The predicted octanol–water partition coefficient (Wildman–Crippen LogP) is 1.69. The Bertz CT molecular complexity index is 390. The van der Waals surface area contributed by atoms with E-state index in [2.05, 4.69) is 5.32 Å². The Morgan fingerprint density at radius 2 is 2.05 bits per heavy atom. The summed E-state index contributed by atoms with van der Waals surface area (Å²) in [6, 6.07) is 0. The van der Waals surface area contributed by atoms with Gasteiger partial charge in [0.2, 0.25) is 0 Å². The van der Waals surface area contributed by atoms with Crippen molar-refractivity contribution in [1.29, 1.82) is 0 Å². The van der Waals surface area contributed by atoms with Crippen LogP contribution in [0.5, 0.6) is 0 Å². The van der Waals surface area contributed by atoms with E-state index in [-0.39, 0.29) is 23.4 Å². The van der Waals surface area contributed by atoms with Gasteiger partial charge in [0.15, 0.2) is 0 Å². The van der Waals surface area contributed by atoms with Gasteiger partial charge in [0.1, 0.15) is 10.6 Å². The van der Waals surface area contributed by atoms with Gasteiger partial charge in [0, 0.05) is 17.7 Å². The standard InChI is InChI=1S/C13H21Cl2NO3/c1-12(2,3)16-6-10(19)13(15)5-4-9(18)8(7-17)11(13)14/h4-5,10-11,16-19H,6-7H2,1-3H3. The summed E-state index contributed by atoms with van der Waals surface area (Å²) in [5.74, 6) is -0.102. The van der Waals surface area contributed by atoms with Crippen LogP contribution in [0.1, 0.15) is 20.8 Å². The average Bonchev–Trinajstić information content (AvgIpc) is 2.31. The highest BCUT2D eigenvalue weighted by molar-refractivity contribution is 6.35. The molecule has 1 rings (SSSR count). The van der Waals surface area contributed by atoms with Crippen LogP contribution in [0.15, 0.2) is 23.5 Å². The highest BCUT2D eigenvalue weighted by Crippen LogP contribution is 2.38. The summed E-state index contributed by atoms with van der Waals surface area (Å²) in [7, 11) is 0. The summed E-state index contributed by atoms with van der Waals surface area (Å²) < 4.78 is 0. The zero-order valence-electron chi connectivity index (χ0n) is 11.3. The minimum Gasteiger partial charge on any atom is -0.508 e. The second-order valence-corrected chi connectivity index (χ2v) is 6.83. The van der Waals surface area contributed by atoms with Crippen molar-refractivity contribution in [1.82, 2.24) is 5.32 Å². The van der Waals surface area contributed by atoms with Crippen LogP contribution in [0.25, 0.3) is 0 Å². The SMILES string of the molecule is CC(C)(C)NCC(O)C1(Cl)C=CC(O)=C(CO)C1Cl. The van der Waals surface area contributed by atoms with Gasteiger partial charge in [0.05, 0.1) is 18.1 Å². The Hall–Kier alpha value is -0.260. The fourth-order valence-corrected chi connectivity index (χ4v) is 2.47. The van der Waals surface area contributed by atoms with Crippen molar-refractivity contribution in [2.75, 3.05) is 13.2 Å². The van der Waals surface area contributed by atoms with Crippen LogP contribution in [0.2, 0.25) is 0 Å². The van der Waals surface area contributed by atoms with Gasteiger partial charge in [-0.3, -0.25) is 0 Å². The molecular weight excluding hydrogens is 289 g/mol. The number of halogens is 2. The molecule has 0 aromatic rings. The highest BCUT2D eigenvalue weighted by Gasteiger charge is 2.45. The Morgan fingerprint density at radius 3 is 2.53 bits per heavy atom. The second-order valence-electron chi connectivity index (χ2n) is 5.74. The third kappa shape index (κ3) is 3.86. The van der Waals surface area contributed by atoms with E-state index >= 15 is 0 Å². The minimum atomic E-state index is -1.26. The number of β-amino-alcohol motifs (C(OH)–C–C–N with tert-alkyl or cyclic N) is 1. The van der Waals surface area contributed by atoms with Gasteiger partial charge in [-0.25, -0.2) is 0 Å². The maximum atomic E-state index is 10.3. The van der Waals surface area contributed by atoms with Crippen LogP contribution < -0.4 is 5.32 Å². The molecule has 4 nitrogen and oxygen atoms in total. The van der Waals surface area contributed by atoms with E-state index in [0.717, 1.165) is 0 Å². The van der Waals surface area contributed by atoms with Gasteiger partial charge in [-0.2, -0.15) is 0 Å². The molecule has 0 heterocycles. The molecule has 1 aliphatic carbocycles. The Labute approximate surface area is 123 Å². The van der Waals surface area contributed by atoms with E-state index in [1.165, 1.54) is 12.2 Å². The van der Waals surface area contributed by atoms with Gasteiger partial charge in [-0.1, -0.05) is 6.08 Å². The van der Waals surface area contributed by atoms with Crippen molar-refractivity contribution in [3.8, 4) is 0 Å². The fraction of sp³-hybridized carbons (Fsp3) is 0.692. The van der Waals surface area contributed by atoms with Crippen LogP contribution in [-0.2, 0) is 0 Å². The maximum absolute atomic E-state index is 10.3. The summed E-state index contributed by atoms with van der Waals surface area (Å²) in [4.78, 5) is -1.26. The lowest BCUT2D eigenvalue weighted by atomic mass is 9.87. The van der Waals surface area contributed by atoms with Crippen LogP contribution in [0.3, 0.4) is 0 Å². The van der Waals surface area contributed by atoms with Crippen molar-refractivity contribution in [2.24, 2.45) is 0 Å². The normalized spacial score (nSPS) is 29.7. The molecule has 1 aliphatic rings. The van der Waals surface area contributed by atoms with E-state index in [1.54, 1.807) is 0 Å². The number of allylic oxidation sites excluding steroid dienone is 1. The molecule has 0 aromatic carbocycles. The van der Waals surface area contributed by atoms with Gasteiger partial charge in [-0.05, 0) is 26.8 Å². The lowest BCUT2D eigenvalue weighted by Gasteiger charge is -2.38. The summed E-state index contributed by atoms with van der Waals surface area (Å²) in [6.07, 6.45) is 1.87. The first kappa shape index (κ1) is 16.8. The van der Waals surface area contributed by atoms with Crippen LogP contribution >= 0.6 is 23.2 Å². The number of aliphatic hydroxyl groups is 3. The molecule has 0 radical (unpaired) electrons. The molecule has 3 atom stereocenters. The second kappa shape index (κ2) is 6.02. The first-order chi connectivity index (χ1) is 8.62. The molecule has 0 saturated carbocycles. The molecule has 4 N–H and O–H groups in total. The lowest BCUT2D eigenvalue weighted by Crippen LogP contribution is -2.53. The third-order valence-electron chi connectivity index (χ3n) is 3.03. The number of hydrogen-bond acceptors (Lipinski definition) is 4. The molecule has 6 heteroatoms. The molecule has 0 aliphatic heterocycles. The minimum absolute atomic E-state index is 0.102. The predicted molar refractivity (Wildman–Crippen MR) is 77.9 cm³/mol. The number of rotatable bonds is 4. The molecule has 0 spiro atoms. The molecule has 110 valence electrons. The van der Waals surface area contributed by atoms with E-state index in [1.807, 2.05) is 20.8 Å². The Kier molecular flexibility index (Phi) is 5.32. The zero-order valence-corrected chi connectivity index (χ0v) is 12.8. The van der Waals surface area contributed by atoms with E-state index in [4.69, 9.17) is 23.2 Å². The zero-order chi connectivity index (χ0) is 14.8. The molecule has 0 saturated heterocycles. The largest absolute Gasteiger partial charge is 0.508 e. The molecule has 0 aromatic heterocycles. The Morgan fingerprint density at radius 1 is 1.47 bits per heavy atom. The highest BCUT2D eigenvalue weighted by atomic mass is 35.5. The van der Waals surface area contributed by atoms with Crippen LogP contribution in [-0.4, -0.2) is 50.4 Å². The van der Waals surface area contributed by atoms with Crippen molar-refractivity contribution >= 4 is 23.2 Å². The van der Waals surface area contributed by atoms with Crippen molar-refractivity contribution in [3.05, 3.63) is 23.5 Å². The van der Waals surface area contributed by atoms with Crippen LogP contribution in [0, 0.1) is 0 Å². The first-order valence-corrected chi connectivity index (χ1v) is 6.91. The fourth-order valence-electron chi connectivity index (χ4n) is 1.80. The number of nitrogens with one attached hydrogen (secondary N) is 1. The van der Waals surface area contributed by atoms with Gasteiger partial charge in [-0.15, -0.1) is 23.2 Å². The number of hydrogen-bond donors (Lipinski definition) is 4. The molecule has 0 fully saturated rings. The molecule has 3 unspecified atom stereocenters. The smallest absolute Gasteiger partial charge is 0.118 e. The van der Waals surface area contributed by atoms with Crippen molar-refractivity contribution in [2.45, 2.75) is 42.7 Å². The van der Waals surface area contributed by atoms with Gasteiger partial charge >= 0.3 is 0 Å². The van der Waals surface area contributed by atoms with E-state index < -0.39 is 23.0 Å². The lowest BCUT2D eigenvalue weighted by molar-refractivity contribution is 0.129. The summed E-state index contributed by atoms with van der Waals surface area (Å²) in [5, 5.41) is 31.3. The monoisotopic (exact) mass is 309 g/mol. The maximum Gasteiger partial charge on any atom is 0.118 e. The number of aliphatic hydroxyl groups excluding tert-OH is 3. The van der Waals surface area contributed by atoms with Crippen molar-refractivity contribution in [3.63, 3.8) is 0 Å². The summed E-state index contributed by atoms with van der Waals surface area (Å²) in [5.41, 5.74) is 0.0561.